The average molecular weight is 254 g/mol. The topological polar surface area (TPSA) is 17.8 Å². The summed E-state index contributed by atoms with van der Waals surface area (Å²) in [6.07, 6.45) is 1.93. The zero-order valence-electron chi connectivity index (χ0n) is 9.99. The van der Waals surface area contributed by atoms with Gasteiger partial charge in [0.25, 0.3) is 0 Å². The van der Waals surface area contributed by atoms with E-state index in [-0.39, 0.29) is 0 Å². The van der Waals surface area contributed by atoms with Crippen LogP contribution >= 0.6 is 11.8 Å². The van der Waals surface area contributed by atoms with Crippen LogP contribution in [0.3, 0.4) is 0 Å². The quantitative estimate of drug-likeness (QED) is 0.659. The summed E-state index contributed by atoms with van der Waals surface area (Å²) in [6.45, 7) is 0.938. The molecule has 2 nitrogen and oxygen atoms in total. The van der Waals surface area contributed by atoms with Crippen LogP contribution in [0.5, 0.6) is 0 Å². The van der Waals surface area contributed by atoms with E-state index in [1.54, 1.807) is 0 Å². The van der Waals surface area contributed by atoms with Crippen LogP contribution in [-0.4, -0.2) is 15.5 Å². The number of hydrogen-bond acceptors (Lipinski definition) is 2. The number of para-hydroxylation sites is 1. The number of nitrogens with zero attached hydrogens (tertiary/aromatic N) is 2. The monoisotopic (exact) mass is 254 g/mol. The number of thioether (sulfide) groups is 1. The van der Waals surface area contributed by atoms with Crippen molar-refractivity contribution in [1.82, 2.24) is 9.78 Å². The normalized spacial score (nSPS) is 10.9. The second-order valence-electron chi connectivity index (χ2n) is 4.09. The van der Waals surface area contributed by atoms with Gasteiger partial charge >= 0.3 is 0 Å². The maximum absolute atomic E-state index is 4.43. The second-order valence-corrected chi connectivity index (χ2v) is 5.26. The van der Waals surface area contributed by atoms with Crippen LogP contribution in [-0.2, 0) is 6.54 Å². The molecule has 90 valence electrons. The van der Waals surface area contributed by atoms with Crippen LogP contribution in [0.1, 0.15) is 0 Å². The third-order valence-electron chi connectivity index (χ3n) is 2.87. The second kappa shape index (κ2) is 5.27. The lowest BCUT2D eigenvalue weighted by Gasteiger charge is -2.03. The number of aromatic nitrogens is 2. The van der Waals surface area contributed by atoms with Crippen molar-refractivity contribution in [3.05, 3.63) is 60.8 Å². The van der Waals surface area contributed by atoms with Crippen LogP contribution < -0.4 is 0 Å². The van der Waals surface area contributed by atoms with Crippen LogP contribution in [0.2, 0.25) is 0 Å². The lowest BCUT2D eigenvalue weighted by atomic mass is 10.3. The van der Waals surface area contributed by atoms with Gasteiger partial charge in [-0.1, -0.05) is 36.4 Å². The molecule has 1 aromatic heterocycles. The fourth-order valence-corrected chi connectivity index (χ4v) is 2.82. The summed E-state index contributed by atoms with van der Waals surface area (Å²) < 4.78 is 2.07. The van der Waals surface area contributed by atoms with E-state index in [0.717, 1.165) is 12.3 Å². The Bertz CT molecular complexity index is 631. The molecule has 0 N–H and O–H groups in total. The maximum Gasteiger partial charge on any atom is 0.0682 e. The molecule has 0 atom stereocenters. The van der Waals surface area contributed by atoms with Gasteiger partial charge in [-0.2, -0.15) is 5.10 Å². The molecule has 0 saturated carbocycles. The van der Waals surface area contributed by atoms with E-state index >= 15 is 0 Å². The lowest BCUT2D eigenvalue weighted by molar-refractivity contribution is 0.691. The van der Waals surface area contributed by atoms with Gasteiger partial charge in [0.2, 0.25) is 0 Å². The Hall–Kier alpha value is -1.74. The van der Waals surface area contributed by atoms with Crippen molar-refractivity contribution in [3.8, 4) is 0 Å². The van der Waals surface area contributed by atoms with Crippen LogP contribution in [0.15, 0.2) is 65.7 Å². The molecule has 3 rings (SSSR count). The first kappa shape index (κ1) is 11.4. The first-order valence-corrected chi connectivity index (χ1v) is 7.00. The molecule has 1 heterocycles. The zero-order valence-corrected chi connectivity index (χ0v) is 10.8. The summed E-state index contributed by atoms with van der Waals surface area (Å²) >= 11 is 1.87. The number of rotatable bonds is 4. The first-order valence-electron chi connectivity index (χ1n) is 6.02. The highest BCUT2D eigenvalue weighted by atomic mass is 32.2. The molecule has 3 aromatic rings. The van der Waals surface area contributed by atoms with Gasteiger partial charge < -0.3 is 0 Å². The Kier molecular flexibility index (Phi) is 3.33. The number of benzene rings is 2. The van der Waals surface area contributed by atoms with E-state index < -0.39 is 0 Å². The van der Waals surface area contributed by atoms with Gasteiger partial charge in [0.05, 0.1) is 18.3 Å². The van der Waals surface area contributed by atoms with Crippen molar-refractivity contribution in [3.63, 3.8) is 0 Å². The highest BCUT2D eigenvalue weighted by Gasteiger charge is 2.01. The molecule has 0 radical (unpaired) electrons. The Labute approximate surface area is 111 Å². The fourth-order valence-electron chi connectivity index (χ4n) is 1.97. The summed E-state index contributed by atoms with van der Waals surface area (Å²) in [5.41, 5.74) is 1.21. The molecule has 0 aliphatic heterocycles. The van der Waals surface area contributed by atoms with E-state index in [4.69, 9.17) is 0 Å². The molecule has 2 aromatic carbocycles. The van der Waals surface area contributed by atoms with Crippen LogP contribution in [0, 0.1) is 0 Å². The first-order chi connectivity index (χ1) is 8.93. The van der Waals surface area contributed by atoms with Gasteiger partial charge in [-0.25, -0.2) is 0 Å². The van der Waals surface area contributed by atoms with E-state index in [1.807, 2.05) is 30.1 Å². The summed E-state index contributed by atoms with van der Waals surface area (Å²) in [7, 11) is 0. The van der Waals surface area contributed by atoms with Crippen LogP contribution in [0.4, 0.5) is 0 Å². The van der Waals surface area contributed by atoms with Crippen molar-refractivity contribution in [2.75, 3.05) is 5.75 Å². The summed E-state index contributed by atoms with van der Waals surface area (Å²) in [6, 6.07) is 18.8. The SMILES string of the molecule is c1ccc(SCCn2ncc3ccccc32)cc1. The molecule has 0 spiro atoms. The van der Waals surface area contributed by atoms with Crippen molar-refractivity contribution >= 4 is 22.7 Å². The van der Waals surface area contributed by atoms with E-state index in [1.165, 1.54) is 15.8 Å². The van der Waals surface area contributed by atoms with Crippen molar-refractivity contribution in [2.24, 2.45) is 0 Å². The minimum absolute atomic E-state index is 0.938. The van der Waals surface area contributed by atoms with Gasteiger partial charge in [0.15, 0.2) is 0 Å². The van der Waals surface area contributed by atoms with E-state index in [0.29, 0.717) is 0 Å². The van der Waals surface area contributed by atoms with Crippen molar-refractivity contribution < 1.29 is 0 Å². The number of hydrogen-bond donors (Lipinski definition) is 0. The molecule has 18 heavy (non-hydrogen) atoms. The summed E-state index contributed by atoms with van der Waals surface area (Å²) in [5, 5.41) is 5.64. The van der Waals surface area contributed by atoms with Crippen molar-refractivity contribution in [1.29, 1.82) is 0 Å². The minimum atomic E-state index is 0.938. The Balaban J connectivity index is 1.67. The van der Waals surface area contributed by atoms with Crippen LogP contribution in [0.25, 0.3) is 10.9 Å². The molecule has 0 bridgehead atoms. The Morgan fingerprint density at radius 3 is 2.61 bits per heavy atom. The number of aryl methyl sites for hydroxylation is 1. The van der Waals surface area contributed by atoms with Gasteiger partial charge in [-0.15, -0.1) is 11.8 Å². The molecule has 0 aliphatic rings. The van der Waals surface area contributed by atoms with Gasteiger partial charge in [-0.3, -0.25) is 4.68 Å². The van der Waals surface area contributed by atoms with Crippen molar-refractivity contribution in [2.45, 2.75) is 11.4 Å². The highest BCUT2D eigenvalue weighted by Crippen LogP contribution is 2.18. The molecule has 0 amide bonds. The Morgan fingerprint density at radius 2 is 1.72 bits per heavy atom. The molecule has 3 heteroatoms. The molecule has 0 unspecified atom stereocenters. The van der Waals surface area contributed by atoms with E-state index in [9.17, 15) is 0 Å². The minimum Gasteiger partial charge on any atom is -0.264 e. The standard InChI is InChI=1S/C15H14N2S/c1-2-7-14(8-3-1)18-11-10-17-15-9-5-4-6-13(15)12-16-17/h1-9,12H,10-11H2. The molecular weight excluding hydrogens is 240 g/mol. The predicted octanol–water partition coefficient (Wildman–Crippen LogP) is 3.83. The van der Waals surface area contributed by atoms with Gasteiger partial charge in [0.1, 0.15) is 0 Å². The highest BCUT2D eigenvalue weighted by molar-refractivity contribution is 7.99. The average Bonchev–Trinajstić information content (AvgIpc) is 2.84. The third-order valence-corrected chi connectivity index (χ3v) is 3.86. The molecular formula is C15H14N2S. The number of fused-ring (bicyclic) bond motifs is 1. The molecule has 0 saturated heterocycles. The smallest absolute Gasteiger partial charge is 0.0682 e. The maximum atomic E-state index is 4.43. The third kappa shape index (κ3) is 2.41. The summed E-state index contributed by atoms with van der Waals surface area (Å²) in [5.74, 6) is 1.04. The molecule has 0 fully saturated rings. The lowest BCUT2D eigenvalue weighted by Crippen LogP contribution is -2.01. The van der Waals surface area contributed by atoms with Gasteiger partial charge in [-0.05, 0) is 18.2 Å². The van der Waals surface area contributed by atoms with Gasteiger partial charge in [0, 0.05) is 16.0 Å². The predicted molar refractivity (Wildman–Crippen MR) is 76.9 cm³/mol. The largest absolute Gasteiger partial charge is 0.264 e. The summed E-state index contributed by atoms with van der Waals surface area (Å²) in [4.78, 5) is 1.31. The van der Waals surface area contributed by atoms with E-state index in [2.05, 4.69) is 52.2 Å². The zero-order chi connectivity index (χ0) is 12.2. The Morgan fingerprint density at radius 1 is 0.944 bits per heavy atom. The molecule has 0 aliphatic carbocycles. The fraction of sp³-hybridized carbons (Fsp3) is 0.133.